The normalized spacial score (nSPS) is 18.3. The van der Waals surface area contributed by atoms with Gasteiger partial charge in [-0.15, -0.1) is 0 Å². The molecule has 0 N–H and O–H groups in total. The lowest BCUT2D eigenvalue weighted by atomic mass is 9.79. The third-order valence-electron chi connectivity index (χ3n) is 6.55. The van der Waals surface area contributed by atoms with Crippen LogP contribution >= 0.6 is 11.5 Å². The molecule has 0 bridgehead atoms. The minimum atomic E-state index is -0.00410. The predicted molar refractivity (Wildman–Crippen MR) is 126 cm³/mol. The summed E-state index contributed by atoms with van der Waals surface area (Å²) in [5, 5.41) is 1.05. The number of carbonyl (C=O) groups excluding carboxylic acids is 1. The fraction of sp³-hybridized carbons (Fsp3) is 0.636. The van der Waals surface area contributed by atoms with Crippen molar-refractivity contribution in [1.29, 1.82) is 0 Å². The molecule has 2 aromatic heterocycles. The van der Waals surface area contributed by atoms with Crippen molar-refractivity contribution < 1.29 is 4.79 Å². The van der Waals surface area contributed by atoms with Gasteiger partial charge in [-0.25, -0.2) is 4.98 Å². The Hall–Kier alpha value is -2.42. The van der Waals surface area contributed by atoms with Gasteiger partial charge in [0.2, 0.25) is 11.1 Å². The third kappa shape index (κ3) is 4.92. The molecule has 1 amide bonds. The van der Waals surface area contributed by atoms with Crippen molar-refractivity contribution in [2.45, 2.75) is 25.7 Å². The molecule has 4 heterocycles. The molecule has 0 aliphatic carbocycles. The number of hydrogen-bond donors (Lipinski definition) is 0. The van der Waals surface area contributed by atoms with Gasteiger partial charge in [0.05, 0.1) is 5.56 Å². The smallest absolute Gasteiger partial charge is 0.254 e. The summed E-state index contributed by atoms with van der Waals surface area (Å²) >= 11 is 1.51. The number of amides is 1. The molecule has 31 heavy (non-hydrogen) atoms. The highest BCUT2D eigenvalue weighted by Crippen LogP contribution is 2.35. The number of carbonyl (C=O) groups is 1. The Labute approximate surface area is 189 Å². The Morgan fingerprint density at radius 3 is 2.06 bits per heavy atom. The number of nitrogens with zero attached hydrogens (tertiary/aromatic N) is 7. The van der Waals surface area contributed by atoms with Crippen LogP contribution in [0.4, 0.5) is 16.9 Å². The maximum atomic E-state index is 12.1. The molecule has 2 fully saturated rings. The van der Waals surface area contributed by atoms with Crippen LogP contribution < -0.4 is 14.7 Å². The van der Waals surface area contributed by atoms with E-state index in [0.717, 1.165) is 54.9 Å². The SMILES string of the molecule is CN(C)C(=O)c1ccc(N2CCC(C3CCN(c4nc(N(C)C)ns4)CC3)CC2)nc1. The van der Waals surface area contributed by atoms with Crippen LogP contribution in [0.3, 0.4) is 0 Å². The van der Waals surface area contributed by atoms with Crippen molar-refractivity contribution in [2.75, 3.05) is 69.1 Å². The fourth-order valence-electron chi connectivity index (χ4n) is 4.64. The van der Waals surface area contributed by atoms with Crippen LogP contribution in [0.2, 0.25) is 0 Å². The van der Waals surface area contributed by atoms with E-state index in [9.17, 15) is 4.79 Å². The average molecular weight is 444 g/mol. The molecule has 0 saturated carbocycles. The Bertz CT molecular complexity index is 866. The van der Waals surface area contributed by atoms with E-state index in [1.807, 2.05) is 31.1 Å². The molecule has 0 aromatic carbocycles. The third-order valence-corrected chi connectivity index (χ3v) is 7.31. The zero-order valence-corrected chi connectivity index (χ0v) is 19.8. The molecule has 2 aliphatic heterocycles. The number of anilines is 3. The van der Waals surface area contributed by atoms with Crippen LogP contribution in [-0.4, -0.2) is 79.5 Å². The molecule has 168 valence electrons. The zero-order chi connectivity index (χ0) is 22.0. The Kier molecular flexibility index (Phi) is 6.60. The first-order valence-electron chi connectivity index (χ1n) is 11.1. The Morgan fingerprint density at radius 2 is 1.58 bits per heavy atom. The van der Waals surface area contributed by atoms with Gasteiger partial charge in [0.1, 0.15) is 5.82 Å². The molecule has 2 saturated heterocycles. The largest absolute Gasteiger partial charge is 0.357 e. The van der Waals surface area contributed by atoms with Gasteiger partial charge in [0, 0.05) is 72.1 Å². The van der Waals surface area contributed by atoms with Gasteiger partial charge >= 0.3 is 0 Å². The first-order chi connectivity index (χ1) is 14.9. The van der Waals surface area contributed by atoms with Crippen molar-refractivity contribution in [2.24, 2.45) is 11.8 Å². The zero-order valence-electron chi connectivity index (χ0n) is 19.0. The molecule has 0 radical (unpaired) electrons. The monoisotopic (exact) mass is 443 g/mol. The summed E-state index contributed by atoms with van der Waals surface area (Å²) in [5.74, 6) is 3.38. The van der Waals surface area contributed by atoms with E-state index in [1.54, 1.807) is 25.2 Å². The minimum Gasteiger partial charge on any atom is -0.357 e. The lowest BCUT2D eigenvalue weighted by Gasteiger charge is -2.40. The number of hydrogen-bond acceptors (Lipinski definition) is 8. The number of rotatable bonds is 5. The molecule has 9 heteroatoms. The standard InChI is InChI=1S/C22H33N7OS/c1-26(2)20(30)18-5-6-19(23-15-18)28-11-7-16(8-12-28)17-9-13-29(14-10-17)22-24-21(25-31-22)27(3)4/h5-6,15-17H,7-14H2,1-4H3. The van der Waals surface area contributed by atoms with Crippen LogP contribution in [0.1, 0.15) is 36.0 Å². The van der Waals surface area contributed by atoms with Gasteiger partial charge in [-0.3, -0.25) is 4.79 Å². The number of aromatic nitrogens is 3. The maximum Gasteiger partial charge on any atom is 0.254 e. The maximum absolute atomic E-state index is 12.1. The summed E-state index contributed by atoms with van der Waals surface area (Å²) in [5.41, 5.74) is 0.642. The predicted octanol–water partition coefficient (Wildman–Crippen LogP) is 2.83. The average Bonchev–Trinajstić information content (AvgIpc) is 3.30. The summed E-state index contributed by atoms with van der Waals surface area (Å²) in [6.07, 6.45) is 6.61. The highest BCUT2D eigenvalue weighted by Gasteiger charge is 2.31. The van der Waals surface area contributed by atoms with Crippen molar-refractivity contribution in [3.8, 4) is 0 Å². The summed E-state index contributed by atoms with van der Waals surface area (Å²) < 4.78 is 4.44. The quantitative estimate of drug-likeness (QED) is 0.704. The van der Waals surface area contributed by atoms with Crippen LogP contribution in [0, 0.1) is 11.8 Å². The molecule has 2 aromatic rings. The number of piperidine rings is 2. The van der Waals surface area contributed by atoms with Gasteiger partial charge in [0.25, 0.3) is 5.91 Å². The molecule has 0 unspecified atom stereocenters. The molecule has 8 nitrogen and oxygen atoms in total. The summed E-state index contributed by atoms with van der Waals surface area (Å²) in [6, 6.07) is 3.88. The van der Waals surface area contributed by atoms with E-state index in [1.165, 1.54) is 37.2 Å². The van der Waals surface area contributed by atoms with Crippen molar-refractivity contribution >= 4 is 34.3 Å². The molecule has 4 rings (SSSR count). The van der Waals surface area contributed by atoms with Crippen molar-refractivity contribution in [3.05, 3.63) is 23.9 Å². The van der Waals surface area contributed by atoms with E-state index in [4.69, 9.17) is 0 Å². The second-order valence-corrected chi connectivity index (χ2v) is 9.76. The van der Waals surface area contributed by atoms with E-state index in [2.05, 4.69) is 24.1 Å². The Balaban J connectivity index is 1.26. The van der Waals surface area contributed by atoms with Gasteiger partial charge in [-0.1, -0.05) is 0 Å². The summed E-state index contributed by atoms with van der Waals surface area (Å²) in [4.78, 5) is 29.6. The van der Waals surface area contributed by atoms with Gasteiger partial charge in [0.15, 0.2) is 0 Å². The number of pyridine rings is 1. The van der Waals surface area contributed by atoms with Gasteiger partial charge < -0.3 is 19.6 Å². The second kappa shape index (κ2) is 9.38. The fourth-order valence-corrected chi connectivity index (χ4v) is 5.43. The second-order valence-electron chi connectivity index (χ2n) is 9.02. The van der Waals surface area contributed by atoms with E-state index >= 15 is 0 Å². The molecule has 0 spiro atoms. The highest BCUT2D eigenvalue weighted by atomic mass is 32.1. The first kappa shape index (κ1) is 21.8. The van der Waals surface area contributed by atoms with Crippen LogP contribution in [0.15, 0.2) is 18.3 Å². The lowest BCUT2D eigenvalue weighted by molar-refractivity contribution is 0.0827. The first-order valence-corrected chi connectivity index (χ1v) is 11.9. The summed E-state index contributed by atoms with van der Waals surface area (Å²) in [6.45, 7) is 4.24. The molecular formula is C22H33N7OS. The van der Waals surface area contributed by atoms with Crippen LogP contribution in [-0.2, 0) is 0 Å². The van der Waals surface area contributed by atoms with Crippen LogP contribution in [0.5, 0.6) is 0 Å². The lowest BCUT2D eigenvalue weighted by Crippen LogP contribution is -2.41. The highest BCUT2D eigenvalue weighted by molar-refractivity contribution is 7.09. The Morgan fingerprint density at radius 1 is 0.968 bits per heavy atom. The van der Waals surface area contributed by atoms with Crippen LogP contribution in [0.25, 0.3) is 0 Å². The minimum absolute atomic E-state index is 0.00410. The molecule has 0 atom stereocenters. The topological polar surface area (TPSA) is 68.7 Å². The van der Waals surface area contributed by atoms with E-state index < -0.39 is 0 Å². The van der Waals surface area contributed by atoms with Crippen molar-refractivity contribution in [1.82, 2.24) is 19.2 Å². The van der Waals surface area contributed by atoms with Gasteiger partial charge in [-0.2, -0.15) is 9.36 Å². The molecular weight excluding hydrogens is 410 g/mol. The molecule has 2 aliphatic rings. The van der Waals surface area contributed by atoms with E-state index in [-0.39, 0.29) is 5.91 Å². The van der Waals surface area contributed by atoms with Gasteiger partial charge in [-0.05, 0) is 49.7 Å². The van der Waals surface area contributed by atoms with E-state index in [0.29, 0.717) is 5.56 Å². The van der Waals surface area contributed by atoms with Crippen molar-refractivity contribution in [3.63, 3.8) is 0 Å². The summed E-state index contributed by atoms with van der Waals surface area (Å²) in [7, 11) is 7.50.